The van der Waals surface area contributed by atoms with Crippen molar-refractivity contribution >= 4 is 78.1 Å². The zero-order valence-corrected chi connectivity index (χ0v) is 3.09. The first-order chi connectivity index (χ1) is 2.00. The number of phosphoric acid groups is 1. The Balaban J connectivity index is -0.0000000800. The second kappa shape index (κ2) is 6.46. The van der Waals surface area contributed by atoms with Crippen LogP contribution < -0.4 is 0 Å². The third-order valence-electron chi connectivity index (χ3n) is 0. The van der Waals surface area contributed by atoms with E-state index < -0.39 is 7.82 Å². The van der Waals surface area contributed by atoms with Crippen LogP contribution in [0.5, 0.6) is 0 Å². The van der Waals surface area contributed by atoms with E-state index in [1.165, 1.54) is 0 Å². The van der Waals surface area contributed by atoms with Crippen molar-refractivity contribution in [1.29, 1.82) is 0 Å². The molecule has 36 valence electrons. The van der Waals surface area contributed by atoms with Crippen LogP contribution in [0.15, 0.2) is 0 Å². The summed E-state index contributed by atoms with van der Waals surface area (Å²) in [5.41, 5.74) is 0. The van der Waals surface area contributed by atoms with E-state index in [0.717, 1.165) is 0 Å². The van der Waals surface area contributed by atoms with Crippen LogP contribution in [0.3, 0.4) is 0 Å². The molecule has 3 N–H and O–H groups in total. The van der Waals surface area contributed by atoms with Crippen molar-refractivity contribution in [3.05, 3.63) is 0 Å². The summed E-state index contributed by atoms with van der Waals surface area (Å²) >= 11 is 0. The second-order valence-electron chi connectivity index (χ2n) is 0.513. The molecule has 0 saturated heterocycles. The summed E-state index contributed by atoms with van der Waals surface area (Å²) in [7, 11) is -4.64. The SMILES string of the molecule is O=P(O)(O)O.[KH].[LiH]. The molecule has 0 aromatic carbocycles. The van der Waals surface area contributed by atoms with Gasteiger partial charge >= 0.3 is 78.1 Å². The molecular formula is H5KLiO4P. The van der Waals surface area contributed by atoms with Gasteiger partial charge < -0.3 is 14.7 Å². The molecule has 0 aromatic rings. The molecule has 0 unspecified atom stereocenters. The van der Waals surface area contributed by atoms with E-state index in [2.05, 4.69) is 0 Å². The van der Waals surface area contributed by atoms with Gasteiger partial charge in [-0.15, -0.1) is 0 Å². The van der Waals surface area contributed by atoms with Crippen LogP contribution in [0.2, 0.25) is 0 Å². The zero-order chi connectivity index (χ0) is 4.50. The molecule has 7 heavy (non-hydrogen) atoms. The summed E-state index contributed by atoms with van der Waals surface area (Å²) in [6, 6.07) is 0. The summed E-state index contributed by atoms with van der Waals surface area (Å²) in [6.07, 6.45) is 0. The van der Waals surface area contributed by atoms with Gasteiger partial charge in [-0.2, -0.15) is 0 Å². The van der Waals surface area contributed by atoms with E-state index in [1.807, 2.05) is 0 Å². The quantitative estimate of drug-likeness (QED) is 0.267. The number of hydrogen-bond acceptors (Lipinski definition) is 1. The molecule has 7 heteroatoms. The van der Waals surface area contributed by atoms with E-state index in [-0.39, 0.29) is 70.2 Å². The van der Waals surface area contributed by atoms with Crippen LogP contribution in [0.25, 0.3) is 0 Å². The first kappa shape index (κ1) is 16.2. The van der Waals surface area contributed by atoms with Crippen molar-refractivity contribution in [1.82, 2.24) is 0 Å². The Kier molecular flexibility index (Phi) is 14.9. The molecule has 0 amide bonds. The van der Waals surface area contributed by atoms with Gasteiger partial charge in [0.05, 0.1) is 0 Å². The van der Waals surface area contributed by atoms with Crippen LogP contribution in [0, 0.1) is 0 Å². The maximum atomic E-state index is 8.88. The van der Waals surface area contributed by atoms with Crippen molar-refractivity contribution in [2.45, 2.75) is 0 Å². The zero-order valence-electron chi connectivity index (χ0n) is 2.20. The van der Waals surface area contributed by atoms with Gasteiger partial charge in [-0.3, -0.25) is 0 Å². The van der Waals surface area contributed by atoms with E-state index in [4.69, 9.17) is 19.2 Å². The molecule has 0 heterocycles. The van der Waals surface area contributed by atoms with Crippen LogP contribution in [-0.4, -0.2) is 84.9 Å². The standard InChI is InChI=1S/K.Li.H3O4P.2H/c;;1-5(2,3)4;;/h;;(H3,1,2,3,4);;. The molecule has 0 aliphatic rings. The van der Waals surface area contributed by atoms with Crippen molar-refractivity contribution in [3.8, 4) is 0 Å². The second-order valence-corrected chi connectivity index (χ2v) is 1.54. The van der Waals surface area contributed by atoms with Gasteiger partial charge in [0.2, 0.25) is 0 Å². The summed E-state index contributed by atoms with van der Waals surface area (Å²) in [5, 5.41) is 0. The topological polar surface area (TPSA) is 77.8 Å². The first-order valence-corrected chi connectivity index (χ1v) is 2.35. The van der Waals surface area contributed by atoms with Crippen LogP contribution in [-0.2, 0) is 4.57 Å². The third-order valence-corrected chi connectivity index (χ3v) is 0. The van der Waals surface area contributed by atoms with Crippen LogP contribution >= 0.6 is 7.82 Å². The van der Waals surface area contributed by atoms with Crippen LogP contribution in [0.1, 0.15) is 0 Å². The summed E-state index contributed by atoms with van der Waals surface area (Å²) in [6.45, 7) is 0. The summed E-state index contributed by atoms with van der Waals surface area (Å²) < 4.78 is 8.88. The molecule has 0 radical (unpaired) electrons. The molecule has 0 rings (SSSR count). The molecule has 0 saturated carbocycles. The molecule has 0 aromatic heterocycles. The summed E-state index contributed by atoms with van der Waals surface area (Å²) in [4.78, 5) is 21.6. The van der Waals surface area contributed by atoms with Gasteiger partial charge in [-0.1, -0.05) is 0 Å². The molecule has 0 bridgehead atoms. The van der Waals surface area contributed by atoms with Gasteiger partial charge in [-0.25, -0.2) is 4.57 Å². The summed E-state index contributed by atoms with van der Waals surface area (Å²) in [5.74, 6) is 0. The fraction of sp³-hybridized carbons (Fsp3) is 0. The van der Waals surface area contributed by atoms with Crippen molar-refractivity contribution < 1.29 is 19.2 Å². The molecule has 0 fully saturated rings. The number of hydrogen-bond donors (Lipinski definition) is 3. The van der Waals surface area contributed by atoms with Crippen molar-refractivity contribution in [2.75, 3.05) is 0 Å². The van der Waals surface area contributed by atoms with Crippen molar-refractivity contribution in [2.24, 2.45) is 0 Å². The Labute approximate surface area is 95.5 Å². The van der Waals surface area contributed by atoms with E-state index >= 15 is 0 Å². The minimum absolute atomic E-state index is 0. The van der Waals surface area contributed by atoms with Gasteiger partial charge in [0.15, 0.2) is 0 Å². The normalized spacial score (nSPS) is 8.43. The predicted molar refractivity (Wildman–Crippen MR) is 28.6 cm³/mol. The van der Waals surface area contributed by atoms with Gasteiger partial charge in [0.25, 0.3) is 0 Å². The molecule has 0 aliphatic heterocycles. The van der Waals surface area contributed by atoms with E-state index in [9.17, 15) is 0 Å². The predicted octanol–water partition coefficient (Wildman–Crippen LogP) is -2.23. The van der Waals surface area contributed by atoms with Gasteiger partial charge in [-0.05, 0) is 0 Å². The van der Waals surface area contributed by atoms with Gasteiger partial charge in [0.1, 0.15) is 0 Å². The Morgan fingerprint density at radius 1 is 1.14 bits per heavy atom. The van der Waals surface area contributed by atoms with E-state index in [1.54, 1.807) is 0 Å². The van der Waals surface area contributed by atoms with Crippen LogP contribution in [0.4, 0.5) is 0 Å². The Morgan fingerprint density at radius 3 is 1.14 bits per heavy atom. The fourth-order valence-corrected chi connectivity index (χ4v) is 0. The first-order valence-electron chi connectivity index (χ1n) is 0.783. The number of rotatable bonds is 0. The Bertz CT molecular complexity index is 57.8. The Morgan fingerprint density at radius 2 is 1.14 bits per heavy atom. The molecular weight excluding hydrogens is 141 g/mol. The molecule has 4 nitrogen and oxygen atoms in total. The molecule has 0 aliphatic carbocycles. The monoisotopic (exact) mass is 146 g/mol. The third kappa shape index (κ3) is 61.1. The Hall–Kier alpha value is 2.34. The molecule has 0 spiro atoms. The molecule has 0 atom stereocenters. The van der Waals surface area contributed by atoms with Crippen molar-refractivity contribution in [3.63, 3.8) is 0 Å². The maximum absolute atomic E-state index is 8.88. The fourth-order valence-electron chi connectivity index (χ4n) is 0. The van der Waals surface area contributed by atoms with Gasteiger partial charge in [0, 0.05) is 0 Å². The average Bonchev–Trinajstić information content (AvgIpc) is 0.722. The average molecular weight is 146 g/mol. The minimum atomic E-state index is -4.64. The van der Waals surface area contributed by atoms with E-state index in [0.29, 0.717) is 0 Å².